The van der Waals surface area contributed by atoms with Gasteiger partial charge in [0, 0.05) is 16.5 Å². The van der Waals surface area contributed by atoms with Crippen molar-refractivity contribution in [2.45, 2.75) is 32.1 Å². The lowest BCUT2D eigenvalue weighted by Gasteiger charge is -2.11. The van der Waals surface area contributed by atoms with E-state index in [1.165, 1.54) is 35.9 Å². The van der Waals surface area contributed by atoms with Gasteiger partial charge >= 0.3 is 0 Å². The van der Waals surface area contributed by atoms with Crippen LogP contribution in [0.4, 0.5) is 0 Å². The van der Waals surface area contributed by atoms with Gasteiger partial charge in [-0.15, -0.1) is 11.3 Å². The molecule has 0 saturated heterocycles. The predicted molar refractivity (Wildman–Crippen MR) is 107 cm³/mol. The first kappa shape index (κ1) is 19.2. The Morgan fingerprint density at radius 3 is 2.44 bits per heavy atom. The molecule has 6 nitrogen and oxygen atoms in total. The van der Waals surface area contributed by atoms with Crippen LogP contribution in [0.2, 0.25) is 0 Å². The summed E-state index contributed by atoms with van der Waals surface area (Å²) in [5.41, 5.74) is 4.59. The van der Waals surface area contributed by atoms with Crippen molar-refractivity contribution in [3.63, 3.8) is 0 Å². The van der Waals surface area contributed by atoms with Gasteiger partial charge < -0.3 is 14.2 Å². The number of nitrogens with one attached hydrogen (secondary N) is 1. The number of carbonyl (C=O) groups excluding carboxylic acids is 1. The number of fused-ring (bicyclic) bond motifs is 1. The first-order valence-corrected chi connectivity index (χ1v) is 9.73. The maximum atomic E-state index is 12.4. The molecule has 3 rings (SSSR count). The summed E-state index contributed by atoms with van der Waals surface area (Å²) in [4.78, 5) is 14.5. The maximum absolute atomic E-state index is 12.4. The molecule has 1 N–H and O–H groups in total. The zero-order chi connectivity index (χ0) is 19.2. The van der Waals surface area contributed by atoms with Crippen molar-refractivity contribution >= 4 is 23.5 Å². The molecule has 0 radical (unpaired) electrons. The average molecular weight is 388 g/mol. The Bertz CT molecular complexity index is 821. The molecule has 7 heteroatoms. The van der Waals surface area contributed by atoms with E-state index in [1.54, 1.807) is 44.8 Å². The van der Waals surface area contributed by atoms with Crippen molar-refractivity contribution < 1.29 is 19.0 Å². The van der Waals surface area contributed by atoms with Crippen molar-refractivity contribution in [2.24, 2.45) is 5.10 Å². The van der Waals surface area contributed by atoms with Gasteiger partial charge in [-0.1, -0.05) is 6.42 Å². The molecule has 0 bridgehead atoms. The number of hydrogen-bond donors (Lipinski definition) is 1. The summed E-state index contributed by atoms with van der Waals surface area (Å²) >= 11 is 1.57. The number of hydrogen-bond acceptors (Lipinski definition) is 6. The molecule has 1 heterocycles. The molecule has 0 atom stereocenters. The van der Waals surface area contributed by atoms with Crippen molar-refractivity contribution in [3.05, 3.63) is 39.1 Å². The second kappa shape index (κ2) is 8.90. The molecule has 27 heavy (non-hydrogen) atoms. The second-order valence-electron chi connectivity index (χ2n) is 6.27. The Morgan fingerprint density at radius 2 is 1.70 bits per heavy atom. The van der Waals surface area contributed by atoms with E-state index < -0.39 is 0 Å². The summed E-state index contributed by atoms with van der Waals surface area (Å²) in [6, 6.07) is 5.48. The Kier molecular flexibility index (Phi) is 6.34. The molecule has 0 saturated carbocycles. The molecule has 1 aliphatic carbocycles. The molecule has 144 valence electrons. The van der Waals surface area contributed by atoms with E-state index in [4.69, 9.17) is 14.2 Å². The number of aryl methyl sites for hydroxylation is 2. The molecule has 0 fully saturated rings. The van der Waals surface area contributed by atoms with Gasteiger partial charge in [0.2, 0.25) is 0 Å². The van der Waals surface area contributed by atoms with Crippen LogP contribution in [0.5, 0.6) is 17.2 Å². The summed E-state index contributed by atoms with van der Waals surface area (Å²) in [5, 5.41) is 4.09. The fraction of sp³-hybridized carbons (Fsp3) is 0.400. The highest BCUT2D eigenvalue weighted by Gasteiger charge is 2.16. The summed E-state index contributed by atoms with van der Waals surface area (Å²) in [6.07, 6.45) is 7.33. The molecular weight excluding hydrogens is 364 g/mol. The lowest BCUT2D eigenvalue weighted by Crippen LogP contribution is -2.16. The number of methoxy groups -OCH3 is 3. The van der Waals surface area contributed by atoms with Crippen LogP contribution in [-0.4, -0.2) is 33.5 Å². The van der Waals surface area contributed by atoms with E-state index in [2.05, 4.69) is 10.5 Å². The predicted octanol–water partition coefficient (Wildman–Crippen LogP) is 3.81. The molecule has 1 amide bonds. The number of ether oxygens (including phenoxy) is 3. The number of rotatable bonds is 6. The average Bonchev–Trinajstić information content (AvgIpc) is 2.98. The highest BCUT2D eigenvalue weighted by Crippen LogP contribution is 2.33. The Labute approximate surface area is 163 Å². The number of hydrazone groups is 1. The van der Waals surface area contributed by atoms with Crippen molar-refractivity contribution in [3.8, 4) is 17.2 Å². The van der Waals surface area contributed by atoms with Crippen molar-refractivity contribution in [1.29, 1.82) is 0 Å². The van der Waals surface area contributed by atoms with Crippen LogP contribution in [0.3, 0.4) is 0 Å². The minimum Gasteiger partial charge on any atom is -0.496 e. The lowest BCUT2D eigenvalue weighted by atomic mass is 10.1. The molecular formula is C20H24N2O4S. The first-order valence-electron chi connectivity index (χ1n) is 8.91. The van der Waals surface area contributed by atoms with Crippen LogP contribution in [0, 0.1) is 0 Å². The maximum Gasteiger partial charge on any atom is 0.281 e. The van der Waals surface area contributed by atoms with Crippen LogP contribution in [-0.2, 0) is 12.8 Å². The highest BCUT2D eigenvalue weighted by molar-refractivity contribution is 7.14. The van der Waals surface area contributed by atoms with Crippen LogP contribution in [0.15, 0.2) is 23.3 Å². The van der Waals surface area contributed by atoms with Gasteiger partial charge in [0.1, 0.15) is 5.75 Å². The number of nitrogens with zero attached hydrogens (tertiary/aromatic N) is 1. The first-order chi connectivity index (χ1) is 13.2. The Balaban J connectivity index is 1.72. The van der Waals surface area contributed by atoms with Gasteiger partial charge in [0.25, 0.3) is 5.91 Å². The van der Waals surface area contributed by atoms with E-state index in [-0.39, 0.29) is 5.91 Å². The summed E-state index contributed by atoms with van der Waals surface area (Å²) in [7, 11) is 4.69. The van der Waals surface area contributed by atoms with Crippen LogP contribution < -0.4 is 19.6 Å². The topological polar surface area (TPSA) is 69.2 Å². The molecule has 0 unspecified atom stereocenters. The standard InChI is InChI=1S/C20H24N2O4S/c1-24-15-11-17(26-3)16(25-2)9-14(15)12-21-22-20(23)19-10-13-7-5-4-6-8-18(13)27-19/h9-12H,4-8H2,1-3H3,(H,22,23)/b21-12-. The monoisotopic (exact) mass is 388 g/mol. The third kappa shape index (κ3) is 4.42. The van der Waals surface area contributed by atoms with Gasteiger partial charge in [0.15, 0.2) is 11.5 Å². The SMILES string of the molecule is COc1cc(OC)c(OC)cc1/C=N\NC(=O)c1cc2c(s1)CCCCC2. The zero-order valence-electron chi connectivity index (χ0n) is 15.8. The third-order valence-corrected chi connectivity index (χ3v) is 5.81. The number of benzene rings is 1. The van der Waals surface area contributed by atoms with Gasteiger partial charge in [-0.2, -0.15) is 5.10 Å². The zero-order valence-corrected chi connectivity index (χ0v) is 16.6. The molecule has 0 spiro atoms. The molecule has 0 aliphatic heterocycles. The molecule has 2 aromatic rings. The van der Waals surface area contributed by atoms with Gasteiger partial charge in [0.05, 0.1) is 32.4 Å². The minimum atomic E-state index is -0.191. The van der Waals surface area contributed by atoms with E-state index in [9.17, 15) is 4.79 Å². The van der Waals surface area contributed by atoms with Crippen LogP contribution >= 0.6 is 11.3 Å². The van der Waals surface area contributed by atoms with Crippen molar-refractivity contribution in [2.75, 3.05) is 21.3 Å². The van der Waals surface area contributed by atoms with Crippen molar-refractivity contribution in [1.82, 2.24) is 5.43 Å². The lowest BCUT2D eigenvalue weighted by molar-refractivity contribution is 0.0959. The smallest absolute Gasteiger partial charge is 0.281 e. The Hall–Kier alpha value is -2.54. The van der Waals surface area contributed by atoms with Crippen LogP contribution in [0.25, 0.3) is 0 Å². The molecule has 1 aromatic heterocycles. The Morgan fingerprint density at radius 1 is 1.00 bits per heavy atom. The quantitative estimate of drug-likeness (QED) is 0.464. The number of carbonyl (C=O) groups is 1. The summed E-state index contributed by atoms with van der Waals surface area (Å²) < 4.78 is 15.9. The normalized spacial score (nSPS) is 13.7. The second-order valence-corrected chi connectivity index (χ2v) is 7.40. The molecule has 1 aliphatic rings. The minimum absolute atomic E-state index is 0.191. The fourth-order valence-corrected chi connectivity index (χ4v) is 4.29. The van der Waals surface area contributed by atoms with E-state index in [0.29, 0.717) is 27.7 Å². The summed E-state index contributed by atoms with van der Waals surface area (Å²) in [5.74, 6) is 1.51. The number of amides is 1. The largest absolute Gasteiger partial charge is 0.496 e. The van der Waals surface area contributed by atoms with E-state index in [0.717, 1.165) is 12.8 Å². The van der Waals surface area contributed by atoms with Gasteiger partial charge in [-0.3, -0.25) is 4.79 Å². The molecule has 1 aromatic carbocycles. The van der Waals surface area contributed by atoms with Gasteiger partial charge in [-0.25, -0.2) is 5.43 Å². The summed E-state index contributed by atoms with van der Waals surface area (Å²) in [6.45, 7) is 0. The third-order valence-electron chi connectivity index (χ3n) is 4.58. The highest BCUT2D eigenvalue weighted by atomic mass is 32.1. The van der Waals surface area contributed by atoms with Crippen LogP contribution in [0.1, 0.15) is 44.9 Å². The van der Waals surface area contributed by atoms with E-state index in [1.807, 2.05) is 6.07 Å². The van der Waals surface area contributed by atoms with E-state index >= 15 is 0 Å². The fourth-order valence-electron chi connectivity index (χ4n) is 3.15. The van der Waals surface area contributed by atoms with Gasteiger partial charge in [-0.05, 0) is 43.4 Å². The number of thiophene rings is 1.